The highest BCUT2D eigenvalue weighted by Gasteiger charge is 2.51. The molecular formula is C21H29NO2. The van der Waals surface area contributed by atoms with Crippen molar-refractivity contribution < 1.29 is 9.90 Å². The van der Waals surface area contributed by atoms with Gasteiger partial charge in [-0.15, -0.1) is 0 Å². The smallest absolute Gasteiger partial charge is 0.233 e. The highest BCUT2D eigenvalue weighted by Crippen LogP contribution is 2.49. The molecule has 3 aliphatic rings. The van der Waals surface area contributed by atoms with Crippen molar-refractivity contribution in [3.05, 3.63) is 29.8 Å². The number of hydrogen-bond acceptors (Lipinski definition) is 2. The minimum atomic E-state index is -0.528. The third-order valence-corrected chi connectivity index (χ3v) is 6.62. The summed E-state index contributed by atoms with van der Waals surface area (Å²) in [7, 11) is 0. The van der Waals surface area contributed by atoms with Gasteiger partial charge in [0.15, 0.2) is 0 Å². The molecule has 3 nitrogen and oxygen atoms in total. The number of rotatable bonds is 4. The van der Waals surface area contributed by atoms with Crippen LogP contribution in [0.15, 0.2) is 24.3 Å². The minimum Gasteiger partial charge on any atom is -0.390 e. The average molecular weight is 327 g/mol. The van der Waals surface area contributed by atoms with Gasteiger partial charge >= 0.3 is 0 Å². The van der Waals surface area contributed by atoms with Crippen LogP contribution < -0.4 is 4.90 Å². The third-order valence-electron chi connectivity index (χ3n) is 6.62. The fraction of sp³-hybridized carbons (Fsp3) is 0.667. The first-order chi connectivity index (χ1) is 11.6. The van der Waals surface area contributed by atoms with E-state index in [1.165, 1.54) is 18.4 Å². The topological polar surface area (TPSA) is 40.5 Å². The Morgan fingerprint density at radius 1 is 1.08 bits per heavy atom. The Bertz CT molecular complexity index is 609. The summed E-state index contributed by atoms with van der Waals surface area (Å²) in [6.45, 7) is 2.95. The number of hydrogen-bond donors (Lipinski definition) is 1. The molecule has 0 unspecified atom stereocenters. The summed E-state index contributed by atoms with van der Waals surface area (Å²) in [6, 6.07) is 8.65. The van der Waals surface area contributed by atoms with Gasteiger partial charge in [0.1, 0.15) is 0 Å². The Morgan fingerprint density at radius 2 is 1.75 bits per heavy atom. The van der Waals surface area contributed by atoms with Crippen LogP contribution in [0.3, 0.4) is 0 Å². The molecule has 1 aliphatic heterocycles. The molecule has 130 valence electrons. The van der Waals surface area contributed by atoms with Crippen LogP contribution in [0.1, 0.15) is 76.2 Å². The van der Waals surface area contributed by atoms with Crippen LogP contribution in [0.5, 0.6) is 0 Å². The molecule has 2 saturated carbocycles. The summed E-state index contributed by atoms with van der Waals surface area (Å²) < 4.78 is 0. The largest absolute Gasteiger partial charge is 0.390 e. The van der Waals surface area contributed by atoms with Gasteiger partial charge in [0.25, 0.3) is 0 Å². The molecule has 0 aromatic heterocycles. The lowest BCUT2D eigenvalue weighted by Crippen LogP contribution is -2.43. The Hall–Kier alpha value is -1.35. The van der Waals surface area contributed by atoms with Gasteiger partial charge in [0.05, 0.1) is 11.0 Å². The van der Waals surface area contributed by atoms with Crippen molar-refractivity contribution >= 4 is 11.6 Å². The number of benzene rings is 1. The van der Waals surface area contributed by atoms with E-state index in [0.29, 0.717) is 5.91 Å². The van der Waals surface area contributed by atoms with E-state index >= 15 is 0 Å². The van der Waals surface area contributed by atoms with Gasteiger partial charge in [-0.05, 0) is 75.0 Å². The van der Waals surface area contributed by atoms with Crippen LogP contribution in [0.2, 0.25) is 0 Å². The average Bonchev–Trinajstić information content (AvgIpc) is 3.38. The number of amides is 1. The predicted molar refractivity (Wildman–Crippen MR) is 96.1 cm³/mol. The van der Waals surface area contributed by atoms with Gasteiger partial charge < -0.3 is 10.0 Å². The molecule has 1 amide bonds. The van der Waals surface area contributed by atoms with Crippen molar-refractivity contribution in [1.29, 1.82) is 0 Å². The van der Waals surface area contributed by atoms with Crippen molar-refractivity contribution in [2.75, 3.05) is 11.4 Å². The minimum absolute atomic E-state index is 0.213. The van der Waals surface area contributed by atoms with E-state index < -0.39 is 5.60 Å². The van der Waals surface area contributed by atoms with Crippen LogP contribution in [0.4, 0.5) is 5.69 Å². The second-order valence-corrected chi connectivity index (χ2v) is 8.33. The second-order valence-electron chi connectivity index (χ2n) is 8.33. The molecule has 4 rings (SSSR count). The maximum atomic E-state index is 13.1. The fourth-order valence-corrected chi connectivity index (χ4v) is 4.78. The van der Waals surface area contributed by atoms with Crippen LogP contribution >= 0.6 is 0 Å². The first-order valence-corrected chi connectivity index (χ1v) is 9.70. The quantitative estimate of drug-likeness (QED) is 0.891. The van der Waals surface area contributed by atoms with Gasteiger partial charge in [-0.3, -0.25) is 4.79 Å². The predicted octanol–water partition coefficient (Wildman–Crippen LogP) is 4.39. The molecule has 1 spiro atoms. The molecule has 2 aliphatic carbocycles. The molecule has 1 aromatic rings. The number of carbonyl (C=O) groups is 1. The van der Waals surface area contributed by atoms with E-state index in [9.17, 15) is 9.90 Å². The summed E-state index contributed by atoms with van der Waals surface area (Å²) in [4.78, 5) is 15.1. The molecule has 0 bridgehead atoms. The zero-order valence-electron chi connectivity index (χ0n) is 14.8. The van der Waals surface area contributed by atoms with E-state index in [4.69, 9.17) is 0 Å². The van der Waals surface area contributed by atoms with Crippen molar-refractivity contribution in [2.45, 2.75) is 76.2 Å². The molecule has 1 N–H and O–H groups in total. The van der Waals surface area contributed by atoms with Gasteiger partial charge in [0.2, 0.25) is 5.91 Å². The zero-order valence-corrected chi connectivity index (χ0v) is 14.8. The second kappa shape index (κ2) is 5.87. The van der Waals surface area contributed by atoms with Crippen molar-refractivity contribution in [1.82, 2.24) is 0 Å². The highest BCUT2D eigenvalue weighted by atomic mass is 16.3. The molecule has 3 fully saturated rings. The molecule has 0 atom stereocenters. The van der Waals surface area contributed by atoms with E-state index in [-0.39, 0.29) is 5.41 Å². The summed E-state index contributed by atoms with van der Waals surface area (Å²) in [5.74, 6) is 1.05. The Kier molecular flexibility index (Phi) is 3.95. The number of anilines is 1. The van der Waals surface area contributed by atoms with Crippen molar-refractivity contribution in [3.63, 3.8) is 0 Å². The molecule has 1 saturated heterocycles. The molecule has 1 aromatic carbocycles. The monoisotopic (exact) mass is 327 g/mol. The molecule has 24 heavy (non-hydrogen) atoms. The van der Waals surface area contributed by atoms with Crippen LogP contribution in [-0.4, -0.2) is 23.2 Å². The Balaban J connectivity index is 1.46. The Morgan fingerprint density at radius 3 is 2.33 bits per heavy atom. The Labute approximate surface area is 145 Å². The number of nitrogens with zero attached hydrogens (tertiary/aromatic N) is 1. The van der Waals surface area contributed by atoms with Crippen LogP contribution in [-0.2, 0) is 4.79 Å². The SMILES string of the molecule is CCC[C@]1(O)CC[C@]2(CCN(c3ccc(C4CC4)cc3)C2=O)CC1. The highest BCUT2D eigenvalue weighted by molar-refractivity contribution is 6.00. The normalized spacial score (nSPS) is 33.4. The van der Waals surface area contributed by atoms with E-state index in [0.717, 1.165) is 63.1 Å². The van der Waals surface area contributed by atoms with Gasteiger partial charge in [-0.25, -0.2) is 0 Å². The maximum absolute atomic E-state index is 13.1. The standard InChI is InChI=1S/C21H29NO2/c1-2-9-21(24)12-10-20(11-13-21)14-15-22(19(20)23)18-7-5-17(6-8-18)16-3-4-16/h5-8,16,24H,2-4,9-15H2,1H3/t20-,21+. The van der Waals surface area contributed by atoms with Gasteiger partial charge in [-0.1, -0.05) is 25.5 Å². The van der Waals surface area contributed by atoms with Gasteiger partial charge in [0, 0.05) is 12.2 Å². The number of aliphatic hydroxyl groups is 1. The lowest BCUT2D eigenvalue weighted by Gasteiger charge is -2.41. The van der Waals surface area contributed by atoms with Crippen LogP contribution in [0.25, 0.3) is 0 Å². The maximum Gasteiger partial charge on any atom is 0.233 e. The summed E-state index contributed by atoms with van der Waals surface area (Å²) >= 11 is 0. The lowest BCUT2D eigenvalue weighted by molar-refractivity contribution is -0.130. The summed E-state index contributed by atoms with van der Waals surface area (Å²) in [5.41, 5.74) is 1.73. The van der Waals surface area contributed by atoms with E-state index in [2.05, 4.69) is 31.2 Å². The molecular weight excluding hydrogens is 298 g/mol. The van der Waals surface area contributed by atoms with Gasteiger partial charge in [-0.2, -0.15) is 0 Å². The summed E-state index contributed by atoms with van der Waals surface area (Å²) in [6.07, 6.45) is 8.69. The third kappa shape index (κ3) is 2.77. The molecule has 3 heteroatoms. The molecule has 1 heterocycles. The van der Waals surface area contributed by atoms with Crippen molar-refractivity contribution in [2.24, 2.45) is 5.41 Å². The zero-order chi connectivity index (χ0) is 16.8. The van der Waals surface area contributed by atoms with E-state index in [1.807, 2.05) is 4.90 Å². The van der Waals surface area contributed by atoms with Crippen LogP contribution in [0, 0.1) is 5.41 Å². The number of carbonyl (C=O) groups excluding carboxylic acids is 1. The first kappa shape index (κ1) is 16.1. The lowest BCUT2D eigenvalue weighted by atomic mass is 9.67. The summed E-state index contributed by atoms with van der Waals surface area (Å²) in [5, 5.41) is 10.6. The first-order valence-electron chi connectivity index (χ1n) is 9.70. The van der Waals surface area contributed by atoms with E-state index in [1.54, 1.807) is 0 Å². The molecule has 0 radical (unpaired) electrons. The fourth-order valence-electron chi connectivity index (χ4n) is 4.78. The van der Waals surface area contributed by atoms with Crippen molar-refractivity contribution in [3.8, 4) is 0 Å².